The van der Waals surface area contributed by atoms with E-state index in [1.807, 2.05) is 6.07 Å². The number of carbonyl (C=O) groups excluding carboxylic acids is 1. The maximum Gasteiger partial charge on any atom is 0.291 e. The van der Waals surface area contributed by atoms with Crippen molar-refractivity contribution in [2.45, 2.75) is 6.54 Å². The molecule has 132 valence electrons. The normalized spacial score (nSPS) is 11.0. The first kappa shape index (κ1) is 18.0. The minimum atomic E-state index is -0.430. The lowest BCUT2D eigenvalue weighted by atomic mass is 10.2. The fourth-order valence-electron chi connectivity index (χ4n) is 2.18. The van der Waals surface area contributed by atoms with Crippen LogP contribution in [0.25, 0.3) is 0 Å². The third-order valence-corrected chi connectivity index (χ3v) is 4.08. The summed E-state index contributed by atoms with van der Waals surface area (Å²) in [6.45, 7) is 0.417. The Morgan fingerprint density at radius 1 is 1.19 bits per heavy atom. The van der Waals surface area contributed by atoms with E-state index in [0.29, 0.717) is 16.6 Å². The number of phenolic OH excluding ortho intramolecular Hbond substituents is 1. The van der Waals surface area contributed by atoms with E-state index in [9.17, 15) is 9.90 Å². The zero-order chi connectivity index (χ0) is 18.5. The van der Waals surface area contributed by atoms with Crippen molar-refractivity contribution in [2.24, 2.45) is 5.10 Å². The molecule has 0 atom stereocenters. The molecule has 0 unspecified atom stereocenters. The molecule has 0 saturated heterocycles. The Labute approximate surface area is 159 Å². The van der Waals surface area contributed by atoms with E-state index in [-0.39, 0.29) is 11.4 Å². The lowest BCUT2D eigenvalue weighted by Gasteiger charge is -2.05. The van der Waals surface area contributed by atoms with Crippen LogP contribution < -0.4 is 5.43 Å². The van der Waals surface area contributed by atoms with Gasteiger partial charge in [0.1, 0.15) is 5.75 Å². The average Bonchev–Trinajstić information content (AvgIpc) is 3.08. The third-order valence-electron chi connectivity index (χ3n) is 3.49. The molecule has 0 radical (unpaired) electrons. The van der Waals surface area contributed by atoms with Gasteiger partial charge >= 0.3 is 0 Å². The van der Waals surface area contributed by atoms with E-state index in [1.165, 1.54) is 18.3 Å². The molecule has 2 aromatic carbocycles. The van der Waals surface area contributed by atoms with Crippen LogP contribution in [0, 0.1) is 0 Å². The molecule has 3 rings (SSSR count). The number of nitrogens with one attached hydrogen (secondary N) is 1. The number of hydrogen-bond acceptors (Lipinski definition) is 4. The van der Waals surface area contributed by atoms with Crippen LogP contribution in [0.3, 0.4) is 0 Å². The van der Waals surface area contributed by atoms with Crippen LogP contribution in [0.1, 0.15) is 21.6 Å². The molecule has 1 heterocycles. The molecule has 0 spiro atoms. The average molecular weight is 389 g/mol. The van der Waals surface area contributed by atoms with E-state index in [0.717, 1.165) is 11.1 Å². The van der Waals surface area contributed by atoms with Crippen molar-refractivity contribution in [1.82, 2.24) is 15.2 Å². The highest BCUT2D eigenvalue weighted by molar-refractivity contribution is 6.35. The van der Waals surface area contributed by atoms with Crippen molar-refractivity contribution in [1.29, 1.82) is 0 Å². The van der Waals surface area contributed by atoms with Crippen molar-refractivity contribution in [3.63, 3.8) is 0 Å². The van der Waals surface area contributed by atoms with E-state index < -0.39 is 5.91 Å². The van der Waals surface area contributed by atoms with Gasteiger partial charge in [-0.1, -0.05) is 29.3 Å². The van der Waals surface area contributed by atoms with Gasteiger partial charge in [-0.25, -0.2) is 5.43 Å². The van der Waals surface area contributed by atoms with Gasteiger partial charge in [0.25, 0.3) is 5.91 Å². The Bertz CT molecular complexity index is 952. The van der Waals surface area contributed by atoms with Crippen molar-refractivity contribution in [2.75, 3.05) is 0 Å². The first-order valence-corrected chi connectivity index (χ1v) is 8.37. The van der Waals surface area contributed by atoms with Crippen molar-refractivity contribution in [3.8, 4) is 5.75 Å². The summed E-state index contributed by atoms with van der Waals surface area (Å²) >= 11 is 12.0. The summed E-state index contributed by atoms with van der Waals surface area (Å²) in [6.07, 6.45) is 3.16. The molecule has 1 aromatic heterocycles. The Kier molecular flexibility index (Phi) is 5.55. The number of aromatic hydroxyl groups is 1. The number of hydrazone groups is 1. The van der Waals surface area contributed by atoms with Gasteiger partial charge in [-0.05, 0) is 53.6 Å². The first-order valence-electron chi connectivity index (χ1n) is 7.61. The standard InChI is InChI=1S/C18H14Cl2N4O2/c19-14-4-3-13(16(20)9-14)11-24-8-7-17(23-24)18(26)22-21-10-12-1-5-15(25)6-2-12/h1-10,25H,11H2,(H,22,26)/b21-10-. The highest BCUT2D eigenvalue weighted by atomic mass is 35.5. The topological polar surface area (TPSA) is 79.5 Å². The van der Waals surface area contributed by atoms with Gasteiger partial charge in [-0.2, -0.15) is 10.2 Å². The number of rotatable bonds is 5. The number of nitrogens with zero attached hydrogens (tertiary/aromatic N) is 3. The second-order valence-electron chi connectivity index (χ2n) is 5.42. The fraction of sp³-hybridized carbons (Fsp3) is 0.0556. The van der Waals surface area contributed by atoms with Crippen LogP contribution in [-0.4, -0.2) is 27.0 Å². The zero-order valence-electron chi connectivity index (χ0n) is 13.4. The Balaban J connectivity index is 1.61. The summed E-state index contributed by atoms with van der Waals surface area (Å²) in [7, 11) is 0. The van der Waals surface area contributed by atoms with Crippen LogP contribution in [0.15, 0.2) is 59.8 Å². The highest BCUT2D eigenvalue weighted by Crippen LogP contribution is 2.21. The number of hydrogen-bond donors (Lipinski definition) is 2. The van der Waals surface area contributed by atoms with Gasteiger partial charge in [0.2, 0.25) is 0 Å². The monoisotopic (exact) mass is 388 g/mol. The van der Waals surface area contributed by atoms with Gasteiger partial charge in [0, 0.05) is 16.2 Å². The van der Waals surface area contributed by atoms with Crippen molar-refractivity contribution < 1.29 is 9.90 Å². The molecular formula is C18H14Cl2N4O2. The van der Waals surface area contributed by atoms with Crippen LogP contribution >= 0.6 is 23.2 Å². The molecule has 0 aliphatic rings. The van der Waals surface area contributed by atoms with Crippen LogP contribution in [-0.2, 0) is 6.54 Å². The minimum absolute atomic E-state index is 0.164. The third kappa shape index (κ3) is 4.62. The number of carbonyl (C=O) groups is 1. The molecule has 8 heteroatoms. The van der Waals surface area contributed by atoms with E-state index in [4.69, 9.17) is 23.2 Å². The molecule has 6 nitrogen and oxygen atoms in total. The second kappa shape index (κ2) is 8.03. The summed E-state index contributed by atoms with van der Waals surface area (Å²) in [6, 6.07) is 13.2. The second-order valence-corrected chi connectivity index (χ2v) is 6.27. The van der Waals surface area contributed by atoms with Gasteiger partial charge < -0.3 is 5.11 Å². The molecule has 0 aliphatic carbocycles. The molecule has 3 aromatic rings. The van der Waals surface area contributed by atoms with Gasteiger partial charge in [-0.3, -0.25) is 9.48 Å². The lowest BCUT2D eigenvalue weighted by molar-refractivity contribution is 0.0949. The molecular weight excluding hydrogens is 375 g/mol. The quantitative estimate of drug-likeness (QED) is 0.516. The summed E-state index contributed by atoms with van der Waals surface area (Å²) < 4.78 is 1.60. The van der Waals surface area contributed by atoms with E-state index in [1.54, 1.807) is 41.2 Å². The van der Waals surface area contributed by atoms with Crippen molar-refractivity contribution in [3.05, 3.63) is 81.6 Å². The molecule has 0 bridgehead atoms. The lowest BCUT2D eigenvalue weighted by Crippen LogP contribution is -2.18. The maximum absolute atomic E-state index is 12.1. The molecule has 0 fully saturated rings. The number of aromatic nitrogens is 2. The van der Waals surface area contributed by atoms with Gasteiger partial charge in [-0.15, -0.1) is 0 Å². The zero-order valence-corrected chi connectivity index (χ0v) is 14.9. The van der Waals surface area contributed by atoms with Gasteiger partial charge in [0.05, 0.1) is 12.8 Å². The molecule has 1 amide bonds. The summed E-state index contributed by atoms with van der Waals surface area (Å²) in [5, 5.41) is 18.4. The fourth-order valence-corrected chi connectivity index (χ4v) is 2.65. The molecule has 0 saturated carbocycles. The summed E-state index contributed by atoms with van der Waals surface area (Å²) in [5.41, 5.74) is 4.23. The molecule has 0 aliphatic heterocycles. The van der Waals surface area contributed by atoms with Gasteiger partial charge in [0.15, 0.2) is 5.69 Å². The predicted octanol–water partition coefficient (Wildman–Crippen LogP) is 3.71. The summed E-state index contributed by atoms with van der Waals surface area (Å²) in [4.78, 5) is 12.1. The Morgan fingerprint density at radius 2 is 1.96 bits per heavy atom. The molecule has 2 N–H and O–H groups in total. The summed E-state index contributed by atoms with van der Waals surface area (Å²) in [5.74, 6) is -0.265. The number of benzene rings is 2. The Hall–Kier alpha value is -2.83. The Morgan fingerprint density at radius 3 is 2.69 bits per heavy atom. The number of phenols is 1. The SMILES string of the molecule is O=C(N/N=C\c1ccc(O)cc1)c1ccn(Cc2ccc(Cl)cc2Cl)n1. The van der Waals surface area contributed by atoms with Crippen LogP contribution in [0.5, 0.6) is 5.75 Å². The van der Waals surface area contributed by atoms with Crippen LogP contribution in [0.2, 0.25) is 10.0 Å². The minimum Gasteiger partial charge on any atom is -0.508 e. The molecule has 26 heavy (non-hydrogen) atoms. The number of halogens is 2. The van der Waals surface area contributed by atoms with Crippen LogP contribution in [0.4, 0.5) is 0 Å². The number of amides is 1. The predicted molar refractivity (Wildman–Crippen MR) is 101 cm³/mol. The smallest absolute Gasteiger partial charge is 0.291 e. The van der Waals surface area contributed by atoms with Crippen molar-refractivity contribution >= 4 is 35.3 Å². The van der Waals surface area contributed by atoms with E-state index in [2.05, 4.69) is 15.6 Å². The largest absolute Gasteiger partial charge is 0.508 e. The van der Waals surface area contributed by atoms with E-state index >= 15 is 0 Å². The highest BCUT2D eigenvalue weighted by Gasteiger charge is 2.10. The maximum atomic E-state index is 12.1. The first-order chi connectivity index (χ1) is 12.5.